The molecular formula is C14H17NO2Si. The minimum atomic E-state index is -1.32. The molecule has 1 fully saturated rings. The van der Waals surface area contributed by atoms with Crippen LogP contribution in [0.2, 0.25) is 19.6 Å². The molecule has 0 aromatic heterocycles. The van der Waals surface area contributed by atoms with Crippen LogP contribution in [0.15, 0.2) is 12.2 Å². The Labute approximate surface area is 109 Å². The molecule has 1 aliphatic heterocycles. The number of nitrogens with zero attached hydrogens (tertiary/aromatic N) is 1. The summed E-state index contributed by atoms with van der Waals surface area (Å²) in [6, 6.07) is -0.275. The summed E-state index contributed by atoms with van der Waals surface area (Å²) < 4.78 is 0. The van der Waals surface area contributed by atoms with Gasteiger partial charge in [0.25, 0.3) is 0 Å². The maximum Gasteiger partial charge on any atom is 0.226 e. The molecule has 0 bridgehead atoms. The highest BCUT2D eigenvalue weighted by atomic mass is 28.3. The predicted octanol–water partition coefficient (Wildman–Crippen LogP) is 1.23. The quantitative estimate of drug-likeness (QED) is 0.324. The molecule has 1 heterocycles. The van der Waals surface area contributed by atoms with Crippen LogP contribution in [0.3, 0.4) is 0 Å². The van der Waals surface area contributed by atoms with Gasteiger partial charge in [0.15, 0.2) is 0 Å². The lowest BCUT2D eigenvalue weighted by Crippen LogP contribution is -2.53. The second-order valence-corrected chi connectivity index (χ2v) is 9.85. The van der Waals surface area contributed by atoms with Crippen LogP contribution < -0.4 is 0 Å². The van der Waals surface area contributed by atoms with Gasteiger partial charge in [0.2, 0.25) is 5.91 Å². The van der Waals surface area contributed by atoms with Crippen LogP contribution >= 0.6 is 0 Å². The van der Waals surface area contributed by atoms with E-state index in [1.54, 1.807) is 12.2 Å². The molecule has 0 spiro atoms. The van der Waals surface area contributed by atoms with E-state index in [4.69, 9.17) is 0 Å². The molecule has 0 saturated carbocycles. The Morgan fingerprint density at radius 3 is 2.56 bits per heavy atom. The first-order chi connectivity index (χ1) is 8.44. The van der Waals surface area contributed by atoms with Gasteiger partial charge in [-0.25, -0.2) is 0 Å². The molecule has 1 rings (SSSR count). The Balaban J connectivity index is 2.38. The topological polar surface area (TPSA) is 37.4 Å². The highest BCUT2D eigenvalue weighted by Gasteiger charge is 2.34. The fourth-order valence-electron chi connectivity index (χ4n) is 1.34. The van der Waals surface area contributed by atoms with E-state index >= 15 is 0 Å². The van der Waals surface area contributed by atoms with Crippen molar-refractivity contribution in [2.75, 3.05) is 6.54 Å². The van der Waals surface area contributed by atoms with Crippen molar-refractivity contribution in [3.05, 3.63) is 12.2 Å². The molecule has 1 amide bonds. The molecule has 1 unspecified atom stereocenters. The largest absolute Gasteiger partial charge is 0.321 e. The average molecular weight is 259 g/mol. The second-order valence-electron chi connectivity index (χ2n) is 5.10. The van der Waals surface area contributed by atoms with Crippen molar-refractivity contribution in [2.45, 2.75) is 32.1 Å². The molecule has 0 aliphatic carbocycles. The Bertz CT molecular complexity index is 480. The molecule has 1 atom stereocenters. The molecule has 0 radical (unpaired) electrons. The molecule has 0 N–H and O–H groups in total. The number of carbonyl (C=O) groups excluding carboxylic acids is 2. The zero-order valence-corrected chi connectivity index (χ0v) is 12.0. The fourth-order valence-corrected chi connectivity index (χ4v) is 1.85. The van der Waals surface area contributed by atoms with E-state index in [-0.39, 0.29) is 11.9 Å². The highest BCUT2D eigenvalue weighted by Crippen LogP contribution is 2.15. The molecule has 94 valence electrons. The normalized spacial score (nSPS) is 18.5. The van der Waals surface area contributed by atoms with E-state index < -0.39 is 8.07 Å². The third-order valence-corrected chi connectivity index (χ3v) is 3.20. The van der Waals surface area contributed by atoms with Crippen molar-refractivity contribution in [3.8, 4) is 23.3 Å². The molecule has 1 aliphatic rings. The lowest BCUT2D eigenvalue weighted by Gasteiger charge is -2.35. The molecule has 0 aromatic rings. The van der Waals surface area contributed by atoms with Crippen molar-refractivity contribution >= 4 is 20.3 Å². The SMILES string of the molecule is C[Si](C)(C)C#C/C=C\C#CCN1C(=O)CC1C=O. The van der Waals surface area contributed by atoms with Gasteiger partial charge in [0.1, 0.15) is 14.4 Å². The Kier molecular flexibility index (Phi) is 4.94. The van der Waals surface area contributed by atoms with Crippen LogP contribution in [0.1, 0.15) is 6.42 Å². The number of allylic oxidation sites excluding steroid dienone is 2. The number of hydrogen-bond acceptors (Lipinski definition) is 2. The van der Waals surface area contributed by atoms with E-state index in [0.717, 1.165) is 6.29 Å². The number of carbonyl (C=O) groups is 2. The Morgan fingerprint density at radius 1 is 1.33 bits per heavy atom. The summed E-state index contributed by atoms with van der Waals surface area (Å²) in [6.07, 6.45) is 4.51. The van der Waals surface area contributed by atoms with Crippen LogP contribution in [0.5, 0.6) is 0 Å². The van der Waals surface area contributed by atoms with Crippen molar-refractivity contribution in [2.24, 2.45) is 0 Å². The third kappa shape index (κ3) is 4.61. The maximum atomic E-state index is 11.1. The molecular weight excluding hydrogens is 242 g/mol. The Morgan fingerprint density at radius 2 is 2.00 bits per heavy atom. The number of amides is 1. The number of rotatable bonds is 2. The van der Waals surface area contributed by atoms with Crippen LogP contribution in [0.25, 0.3) is 0 Å². The smallest absolute Gasteiger partial charge is 0.226 e. The van der Waals surface area contributed by atoms with Crippen molar-refractivity contribution in [1.29, 1.82) is 0 Å². The second kappa shape index (κ2) is 6.23. The summed E-state index contributed by atoms with van der Waals surface area (Å²) in [6.45, 7) is 6.84. The average Bonchev–Trinajstić information content (AvgIpc) is 2.27. The van der Waals surface area contributed by atoms with E-state index in [2.05, 4.69) is 42.9 Å². The van der Waals surface area contributed by atoms with Gasteiger partial charge < -0.3 is 9.69 Å². The fraction of sp³-hybridized carbons (Fsp3) is 0.429. The van der Waals surface area contributed by atoms with E-state index in [9.17, 15) is 9.59 Å². The van der Waals surface area contributed by atoms with Crippen LogP contribution in [-0.2, 0) is 9.59 Å². The summed E-state index contributed by atoms with van der Waals surface area (Å²) >= 11 is 0. The minimum Gasteiger partial charge on any atom is -0.321 e. The third-order valence-electron chi connectivity index (χ3n) is 2.31. The van der Waals surface area contributed by atoms with E-state index in [0.29, 0.717) is 13.0 Å². The minimum absolute atomic E-state index is 0.0103. The summed E-state index contributed by atoms with van der Waals surface area (Å²) in [4.78, 5) is 23.2. The van der Waals surface area contributed by atoms with Crippen LogP contribution in [-0.4, -0.2) is 37.8 Å². The van der Waals surface area contributed by atoms with Crippen LogP contribution in [0.4, 0.5) is 0 Å². The first kappa shape index (κ1) is 14.3. The number of β-lactam (4-membered cyclic amide) rings is 1. The van der Waals surface area contributed by atoms with Gasteiger partial charge in [0.05, 0.1) is 19.0 Å². The van der Waals surface area contributed by atoms with E-state index in [1.165, 1.54) is 4.90 Å². The lowest BCUT2D eigenvalue weighted by atomic mass is 10.0. The van der Waals surface area contributed by atoms with Gasteiger partial charge in [-0.05, 0) is 12.2 Å². The number of likely N-dealkylation sites (tertiary alicyclic amines) is 1. The number of aldehydes is 1. The summed E-state index contributed by atoms with van der Waals surface area (Å²) in [5.74, 6) is 8.59. The summed E-state index contributed by atoms with van der Waals surface area (Å²) in [5.41, 5.74) is 3.19. The summed E-state index contributed by atoms with van der Waals surface area (Å²) in [5, 5.41) is 0. The zero-order chi connectivity index (χ0) is 13.6. The van der Waals surface area contributed by atoms with Gasteiger partial charge in [-0.1, -0.05) is 37.4 Å². The van der Waals surface area contributed by atoms with Gasteiger partial charge >= 0.3 is 0 Å². The van der Waals surface area contributed by atoms with Gasteiger partial charge in [-0.15, -0.1) is 5.54 Å². The number of hydrogen-bond donors (Lipinski definition) is 0. The van der Waals surface area contributed by atoms with E-state index in [1.807, 2.05) is 0 Å². The van der Waals surface area contributed by atoms with Crippen molar-refractivity contribution in [1.82, 2.24) is 4.90 Å². The Hall–Kier alpha value is -1.78. The van der Waals surface area contributed by atoms with Crippen molar-refractivity contribution < 1.29 is 9.59 Å². The first-order valence-electron chi connectivity index (χ1n) is 5.85. The first-order valence-corrected chi connectivity index (χ1v) is 9.35. The van der Waals surface area contributed by atoms with Crippen LogP contribution in [0, 0.1) is 23.3 Å². The van der Waals surface area contributed by atoms with Crippen molar-refractivity contribution in [3.63, 3.8) is 0 Å². The molecule has 4 heteroatoms. The molecule has 1 saturated heterocycles. The van der Waals surface area contributed by atoms with Gasteiger partial charge in [-0.3, -0.25) is 4.79 Å². The molecule has 3 nitrogen and oxygen atoms in total. The predicted molar refractivity (Wildman–Crippen MR) is 74.2 cm³/mol. The van der Waals surface area contributed by atoms with Gasteiger partial charge in [-0.2, -0.15) is 0 Å². The van der Waals surface area contributed by atoms with Gasteiger partial charge in [0, 0.05) is 0 Å². The highest BCUT2D eigenvalue weighted by molar-refractivity contribution is 6.83. The summed E-state index contributed by atoms with van der Waals surface area (Å²) in [7, 11) is -1.32. The molecule has 0 aromatic carbocycles. The maximum absolute atomic E-state index is 11.1. The monoisotopic (exact) mass is 259 g/mol. The molecule has 18 heavy (non-hydrogen) atoms. The zero-order valence-electron chi connectivity index (χ0n) is 11.0. The standard InChI is InChI=1S/C14H17NO2Si/c1-18(2,3)10-8-6-4-5-7-9-15-13(12-16)11-14(15)17/h4,6,12-13H,9,11H2,1-3H3/b6-4-. The lowest BCUT2D eigenvalue weighted by molar-refractivity contribution is -0.147.